The molecule has 0 bridgehead atoms. The van der Waals surface area contributed by atoms with Crippen LogP contribution in [0.25, 0.3) is 0 Å². The molecular weight excluding hydrogens is 196 g/mol. The number of carbonyl (C=O) groups excluding carboxylic acids is 2. The lowest BCUT2D eigenvalue weighted by atomic mass is 10.1. The van der Waals surface area contributed by atoms with E-state index in [0.717, 1.165) is 6.42 Å². The van der Waals surface area contributed by atoms with Crippen molar-refractivity contribution in [3.63, 3.8) is 0 Å². The Bertz CT molecular complexity index is 286. The van der Waals surface area contributed by atoms with E-state index in [9.17, 15) is 9.59 Å². The van der Waals surface area contributed by atoms with Gasteiger partial charge < -0.3 is 15.0 Å². The summed E-state index contributed by atoms with van der Waals surface area (Å²) in [6.07, 6.45) is 0.680. The molecule has 1 saturated heterocycles. The van der Waals surface area contributed by atoms with Gasteiger partial charge in [-0.25, -0.2) is 4.79 Å². The average molecular weight is 212 g/mol. The zero-order chi connectivity index (χ0) is 11.0. The normalized spacial score (nSPS) is 29.3. The molecule has 5 heteroatoms. The molecule has 2 atom stereocenters. The first kappa shape index (κ1) is 10.3. The fourth-order valence-corrected chi connectivity index (χ4v) is 1.84. The monoisotopic (exact) mass is 212 g/mol. The topological polar surface area (TPSA) is 58.6 Å². The van der Waals surface area contributed by atoms with Crippen molar-refractivity contribution < 1.29 is 14.3 Å². The molecule has 15 heavy (non-hydrogen) atoms. The molecule has 0 radical (unpaired) electrons. The van der Waals surface area contributed by atoms with Gasteiger partial charge in [0.15, 0.2) is 0 Å². The third-order valence-electron chi connectivity index (χ3n) is 3.11. The Kier molecular flexibility index (Phi) is 2.54. The number of carbonyl (C=O) groups is 2. The summed E-state index contributed by atoms with van der Waals surface area (Å²) in [5, 5.41) is 2.93. The maximum Gasteiger partial charge on any atom is 0.409 e. The Hall–Kier alpha value is -1.26. The summed E-state index contributed by atoms with van der Waals surface area (Å²) in [7, 11) is 1.36. The van der Waals surface area contributed by atoms with Crippen LogP contribution in [-0.2, 0) is 9.53 Å². The van der Waals surface area contributed by atoms with Crippen molar-refractivity contribution in [2.45, 2.75) is 19.4 Å². The minimum absolute atomic E-state index is 0.115. The van der Waals surface area contributed by atoms with Gasteiger partial charge in [0.1, 0.15) is 0 Å². The first-order chi connectivity index (χ1) is 7.11. The quantitative estimate of drug-likeness (QED) is 0.711. The number of rotatable bonds is 2. The number of nitrogens with one attached hydrogen (secondary N) is 1. The van der Waals surface area contributed by atoms with Gasteiger partial charge in [0, 0.05) is 19.0 Å². The zero-order valence-corrected chi connectivity index (χ0v) is 9.03. The summed E-state index contributed by atoms with van der Waals surface area (Å²) in [6.45, 7) is 3.21. The Labute approximate surface area is 88.8 Å². The highest BCUT2D eigenvalue weighted by atomic mass is 16.5. The summed E-state index contributed by atoms with van der Waals surface area (Å²) in [5.74, 6) is 0.871. The second kappa shape index (κ2) is 3.72. The predicted molar refractivity (Wildman–Crippen MR) is 53.2 cm³/mol. The first-order valence-electron chi connectivity index (χ1n) is 5.25. The maximum absolute atomic E-state index is 11.5. The van der Waals surface area contributed by atoms with Crippen LogP contribution < -0.4 is 5.32 Å². The molecule has 1 aliphatic heterocycles. The van der Waals surface area contributed by atoms with Crippen LogP contribution in [0.4, 0.5) is 4.79 Å². The van der Waals surface area contributed by atoms with Crippen LogP contribution in [0.5, 0.6) is 0 Å². The van der Waals surface area contributed by atoms with E-state index in [1.807, 2.05) is 0 Å². The Morgan fingerprint density at radius 3 is 2.47 bits per heavy atom. The number of ether oxygens (including phenoxy) is 1. The van der Waals surface area contributed by atoms with E-state index in [1.165, 1.54) is 7.11 Å². The minimum Gasteiger partial charge on any atom is -0.453 e. The number of amides is 2. The van der Waals surface area contributed by atoms with Crippen LogP contribution in [0.2, 0.25) is 0 Å². The highest BCUT2D eigenvalue weighted by molar-refractivity contribution is 5.82. The largest absolute Gasteiger partial charge is 0.453 e. The minimum atomic E-state index is -0.319. The average Bonchev–Trinajstić information content (AvgIpc) is 2.87. The summed E-state index contributed by atoms with van der Waals surface area (Å²) >= 11 is 0. The van der Waals surface area contributed by atoms with Crippen LogP contribution in [0.15, 0.2) is 0 Å². The van der Waals surface area contributed by atoms with Gasteiger partial charge in [0.05, 0.1) is 13.2 Å². The van der Waals surface area contributed by atoms with E-state index >= 15 is 0 Å². The van der Waals surface area contributed by atoms with Crippen molar-refractivity contribution in [2.24, 2.45) is 11.8 Å². The summed E-state index contributed by atoms with van der Waals surface area (Å²) in [5.41, 5.74) is 0. The van der Waals surface area contributed by atoms with Crippen LogP contribution in [-0.4, -0.2) is 43.1 Å². The molecule has 2 fully saturated rings. The number of nitrogens with zero attached hydrogens (tertiary/aromatic N) is 1. The van der Waals surface area contributed by atoms with E-state index in [-0.39, 0.29) is 24.0 Å². The number of likely N-dealkylation sites (tertiary alicyclic amines) is 1. The SMILES string of the molecule is COC(=O)N1CC(NC(=O)[C@@H]2C[C@@H]2C)C1. The van der Waals surface area contributed by atoms with Crippen LogP contribution in [0, 0.1) is 11.8 Å². The van der Waals surface area contributed by atoms with Crippen molar-refractivity contribution in [2.75, 3.05) is 20.2 Å². The maximum atomic E-state index is 11.5. The van der Waals surface area contributed by atoms with E-state index in [4.69, 9.17) is 0 Å². The van der Waals surface area contributed by atoms with E-state index < -0.39 is 0 Å². The molecule has 0 aromatic heterocycles. The fraction of sp³-hybridized carbons (Fsp3) is 0.800. The number of hydrogen-bond donors (Lipinski definition) is 1. The summed E-state index contributed by atoms with van der Waals surface area (Å²) in [6, 6.07) is 0.115. The van der Waals surface area contributed by atoms with E-state index in [0.29, 0.717) is 19.0 Å². The summed E-state index contributed by atoms with van der Waals surface area (Å²) < 4.78 is 4.56. The Morgan fingerprint density at radius 2 is 2.00 bits per heavy atom. The summed E-state index contributed by atoms with van der Waals surface area (Å²) in [4.78, 5) is 24.1. The van der Waals surface area contributed by atoms with Gasteiger partial charge in [-0.3, -0.25) is 4.79 Å². The molecule has 1 heterocycles. The smallest absolute Gasteiger partial charge is 0.409 e. The van der Waals surface area contributed by atoms with Gasteiger partial charge in [0.25, 0.3) is 0 Å². The van der Waals surface area contributed by atoms with Crippen molar-refractivity contribution in [1.29, 1.82) is 0 Å². The third-order valence-corrected chi connectivity index (χ3v) is 3.11. The molecule has 1 aliphatic carbocycles. The molecule has 1 saturated carbocycles. The molecule has 0 spiro atoms. The van der Waals surface area contributed by atoms with Gasteiger partial charge >= 0.3 is 6.09 Å². The number of methoxy groups -OCH3 is 1. The van der Waals surface area contributed by atoms with Crippen LogP contribution >= 0.6 is 0 Å². The second-order valence-electron chi connectivity index (χ2n) is 4.40. The number of hydrogen-bond acceptors (Lipinski definition) is 3. The highest BCUT2D eigenvalue weighted by Crippen LogP contribution is 2.37. The second-order valence-corrected chi connectivity index (χ2v) is 4.40. The van der Waals surface area contributed by atoms with Crippen LogP contribution in [0.1, 0.15) is 13.3 Å². The molecule has 2 aliphatic rings. The molecule has 5 nitrogen and oxygen atoms in total. The Balaban J connectivity index is 1.67. The molecule has 0 aromatic carbocycles. The standard InChI is InChI=1S/C10H16N2O3/c1-6-3-8(6)9(13)11-7-4-12(5-7)10(14)15-2/h6-8H,3-5H2,1-2H3,(H,11,13)/t6-,8+/m0/s1. The van der Waals surface area contributed by atoms with E-state index in [1.54, 1.807) is 4.90 Å². The highest BCUT2D eigenvalue weighted by Gasteiger charge is 2.41. The fourth-order valence-electron chi connectivity index (χ4n) is 1.84. The van der Waals surface area contributed by atoms with Gasteiger partial charge in [-0.2, -0.15) is 0 Å². The van der Waals surface area contributed by atoms with Crippen molar-refractivity contribution >= 4 is 12.0 Å². The van der Waals surface area contributed by atoms with Gasteiger partial charge in [-0.1, -0.05) is 6.92 Å². The van der Waals surface area contributed by atoms with Gasteiger partial charge in [0.2, 0.25) is 5.91 Å². The lowest BCUT2D eigenvalue weighted by molar-refractivity contribution is -0.124. The van der Waals surface area contributed by atoms with Crippen molar-refractivity contribution in [3.05, 3.63) is 0 Å². The van der Waals surface area contributed by atoms with Crippen LogP contribution in [0.3, 0.4) is 0 Å². The molecular formula is C10H16N2O3. The predicted octanol–water partition coefficient (Wildman–Crippen LogP) is 0.209. The van der Waals surface area contributed by atoms with Gasteiger partial charge in [-0.15, -0.1) is 0 Å². The lowest BCUT2D eigenvalue weighted by Gasteiger charge is -2.38. The first-order valence-corrected chi connectivity index (χ1v) is 5.25. The Morgan fingerprint density at radius 1 is 1.40 bits per heavy atom. The molecule has 2 rings (SSSR count). The molecule has 1 N–H and O–H groups in total. The lowest BCUT2D eigenvalue weighted by Crippen LogP contribution is -2.61. The third kappa shape index (κ3) is 2.06. The molecule has 0 unspecified atom stereocenters. The molecule has 84 valence electrons. The van der Waals surface area contributed by atoms with Crippen molar-refractivity contribution in [1.82, 2.24) is 10.2 Å². The van der Waals surface area contributed by atoms with Gasteiger partial charge in [-0.05, 0) is 12.3 Å². The molecule has 2 amide bonds. The van der Waals surface area contributed by atoms with E-state index in [2.05, 4.69) is 17.0 Å². The van der Waals surface area contributed by atoms with Crippen molar-refractivity contribution in [3.8, 4) is 0 Å². The molecule has 0 aromatic rings. The zero-order valence-electron chi connectivity index (χ0n) is 9.03.